The van der Waals surface area contributed by atoms with Crippen molar-refractivity contribution in [3.63, 3.8) is 0 Å². The molecule has 0 bridgehead atoms. The Labute approximate surface area is 137 Å². The van der Waals surface area contributed by atoms with Crippen LogP contribution in [0.4, 0.5) is 5.69 Å². The maximum absolute atomic E-state index is 12.1. The average molecular weight is 357 g/mol. The number of thioether (sulfide) groups is 1. The lowest BCUT2D eigenvalue weighted by molar-refractivity contribution is -0.387. The number of aromatic amines is 1. The molecule has 0 aliphatic heterocycles. The van der Waals surface area contributed by atoms with Gasteiger partial charge in [0.2, 0.25) is 5.89 Å². The van der Waals surface area contributed by atoms with Gasteiger partial charge in [-0.2, -0.15) is 0 Å². The molecule has 2 rings (SSSR count). The molecule has 1 N–H and O–H groups in total. The molecule has 2 heterocycles. The summed E-state index contributed by atoms with van der Waals surface area (Å²) in [5.74, 6) is -0.677. The standard InChI is InChI=1S/C11H11N5O7S/c1-5-8(16(20)21)9(18)15(10(19)12-5)3-6-13-14-11(23-6)24-4-7(17)22-2/h3-4H2,1-2H3,(H,12,19). The molecule has 0 fully saturated rings. The molecular formula is C11H11N5O7S. The number of esters is 1. The van der Waals surface area contributed by atoms with E-state index in [4.69, 9.17) is 4.42 Å². The molecule has 2 aromatic rings. The van der Waals surface area contributed by atoms with Crippen LogP contribution in [0.3, 0.4) is 0 Å². The molecule has 0 unspecified atom stereocenters. The molecule has 0 amide bonds. The molecule has 12 nitrogen and oxygen atoms in total. The topological polar surface area (TPSA) is 163 Å². The third kappa shape index (κ3) is 3.68. The van der Waals surface area contributed by atoms with Gasteiger partial charge >= 0.3 is 22.9 Å². The first-order chi connectivity index (χ1) is 11.3. The molecule has 0 aliphatic rings. The fourth-order valence-electron chi connectivity index (χ4n) is 1.70. The summed E-state index contributed by atoms with van der Waals surface area (Å²) < 4.78 is 10.2. The van der Waals surface area contributed by atoms with Crippen molar-refractivity contribution in [2.75, 3.05) is 12.9 Å². The van der Waals surface area contributed by atoms with Gasteiger partial charge in [0.15, 0.2) is 0 Å². The highest BCUT2D eigenvalue weighted by Gasteiger charge is 2.22. The molecule has 0 aromatic carbocycles. The van der Waals surface area contributed by atoms with E-state index in [2.05, 4.69) is 19.9 Å². The monoisotopic (exact) mass is 357 g/mol. The van der Waals surface area contributed by atoms with Crippen LogP contribution in [0.1, 0.15) is 11.6 Å². The third-order valence-electron chi connectivity index (χ3n) is 2.81. The summed E-state index contributed by atoms with van der Waals surface area (Å²) in [6.45, 7) is 0.806. The lowest BCUT2D eigenvalue weighted by atomic mass is 10.3. The first-order valence-electron chi connectivity index (χ1n) is 6.33. The predicted molar refractivity (Wildman–Crippen MR) is 78.9 cm³/mol. The summed E-state index contributed by atoms with van der Waals surface area (Å²) in [6, 6.07) is 0. The van der Waals surface area contributed by atoms with Crippen LogP contribution < -0.4 is 11.2 Å². The SMILES string of the molecule is COC(=O)CSc1nnc(Cn2c(=O)[nH]c(C)c([N+](=O)[O-])c2=O)o1. The van der Waals surface area contributed by atoms with Crippen molar-refractivity contribution in [2.24, 2.45) is 0 Å². The number of carbonyl (C=O) groups excluding carboxylic acids is 1. The molecule has 24 heavy (non-hydrogen) atoms. The largest absolute Gasteiger partial charge is 0.468 e. The molecule has 0 saturated heterocycles. The van der Waals surface area contributed by atoms with Crippen molar-refractivity contribution in [1.82, 2.24) is 19.7 Å². The van der Waals surface area contributed by atoms with E-state index in [1.807, 2.05) is 0 Å². The molecule has 0 spiro atoms. The molecule has 128 valence electrons. The van der Waals surface area contributed by atoms with Crippen LogP contribution in [0.2, 0.25) is 0 Å². The van der Waals surface area contributed by atoms with Gasteiger partial charge in [-0.1, -0.05) is 11.8 Å². The van der Waals surface area contributed by atoms with E-state index in [1.165, 1.54) is 14.0 Å². The van der Waals surface area contributed by atoms with Gasteiger partial charge in [-0.05, 0) is 6.92 Å². The first kappa shape index (κ1) is 17.4. The Morgan fingerprint density at radius 3 is 2.79 bits per heavy atom. The van der Waals surface area contributed by atoms with Crippen molar-refractivity contribution < 1.29 is 18.9 Å². The number of rotatable bonds is 6. The van der Waals surface area contributed by atoms with Crippen LogP contribution in [-0.4, -0.2) is 43.5 Å². The minimum atomic E-state index is -1.08. The Morgan fingerprint density at radius 2 is 2.17 bits per heavy atom. The number of ether oxygens (including phenoxy) is 1. The maximum atomic E-state index is 12.1. The summed E-state index contributed by atoms with van der Waals surface area (Å²) in [5, 5.41) is 18.2. The molecular weight excluding hydrogens is 346 g/mol. The Hall–Kier alpha value is -2.96. The summed E-state index contributed by atoms with van der Waals surface area (Å²) in [5.41, 5.74) is -2.81. The zero-order chi connectivity index (χ0) is 17.9. The predicted octanol–water partition coefficient (Wildman–Crippen LogP) is -0.550. The normalized spacial score (nSPS) is 10.6. The van der Waals surface area contributed by atoms with E-state index < -0.39 is 34.4 Å². The zero-order valence-electron chi connectivity index (χ0n) is 12.5. The number of nitro groups is 1. The van der Waals surface area contributed by atoms with Crippen LogP contribution in [0.5, 0.6) is 0 Å². The highest BCUT2D eigenvalue weighted by Crippen LogP contribution is 2.16. The van der Waals surface area contributed by atoms with Crippen molar-refractivity contribution >= 4 is 23.4 Å². The Balaban J connectivity index is 2.26. The highest BCUT2D eigenvalue weighted by atomic mass is 32.2. The van der Waals surface area contributed by atoms with Gasteiger partial charge < -0.3 is 14.1 Å². The van der Waals surface area contributed by atoms with Crippen molar-refractivity contribution in [1.29, 1.82) is 0 Å². The number of nitrogens with one attached hydrogen (secondary N) is 1. The quantitative estimate of drug-likeness (QED) is 0.307. The highest BCUT2D eigenvalue weighted by molar-refractivity contribution is 7.99. The van der Waals surface area contributed by atoms with Crippen LogP contribution in [-0.2, 0) is 16.1 Å². The van der Waals surface area contributed by atoms with E-state index in [0.717, 1.165) is 11.8 Å². The molecule has 0 atom stereocenters. The molecule has 0 saturated carbocycles. The summed E-state index contributed by atoms with van der Waals surface area (Å²) in [7, 11) is 1.23. The Bertz CT molecular complexity index is 899. The average Bonchev–Trinajstić information content (AvgIpc) is 2.96. The lowest BCUT2D eigenvalue weighted by Crippen LogP contribution is -2.37. The van der Waals surface area contributed by atoms with Crippen LogP contribution in [0.15, 0.2) is 19.2 Å². The summed E-state index contributed by atoms with van der Waals surface area (Å²) >= 11 is 0.907. The van der Waals surface area contributed by atoms with Crippen LogP contribution in [0, 0.1) is 17.0 Å². The van der Waals surface area contributed by atoms with Gasteiger partial charge in [-0.15, -0.1) is 10.2 Å². The number of methoxy groups -OCH3 is 1. The Morgan fingerprint density at radius 1 is 1.46 bits per heavy atom. The van der Waals surface area contributed by atoms with Crippen molar-refractivity contribution in [3.05, 3.63) is 42.5 Å². The van der Waals surface area contributed by atoms with Gasteiger partial charge in [-0.25, -0.2) is 9.36 Å². The minimum Gasteiger partial charge on any atom is -0.468 e. The van der Waals surface area contributed by atoms with E-state index in [1.54, 1.807) is 0 Å². The third-order valence-corrected chi connectivity index (χ3v) is 3.60. The van der Waals surface area contributed by atoms with Crippen molar-refractivity contribution in [2.45, 2.75) is 18.7 Å². The second-order valence-corrected chi connectivity index (χ2v) is 5.31. The van der Waals surface area contributed by atoms with Crippen LogP contribution in [0.25, 0.3) is 0 Å². The number of hydrogen-bond acceptors (Lipinski definition) is 10. The summed E-state index contributed by atoms with van der Waals surface area (Å²) in [4.78, 5) is 47.2. The second-order valence-electron chi connectivity index (χ2n) is 4.38. The number of hydrogen-bond donors (Lipinski definition) is 1. The smallest absolute Gasteiger partial charge is 0.353 e. The van der Waals surface area contributed by atoms with Gasteiger partial charge in [0.1, 0.15) is 18.0 Å². The van der Waals surface area contributed by atoms with Gasteiger partial charge in [-0.3, -0.25) is 19.7 Å². The first-order valence-corrected chi connectivity index (χ1v) is 7.32. The number of H-pyrrole nitrogens is 1. The number of aryl methyl sites for hydroxylation is 1. The number of nitrogens with zero attached hydrogens (tertiary/aromatic N) is 4. The molecule has 0 radical (unpaired) electrons. The minimum absolute atomic E-state index is 0.0292. The van der Waals surface area contributed by atoms with E-state index >= 15 is 0 Å². The van der Waals surface area contributed by atoms with Gasteiger partial charge in [0.05, 0.1) is 12.0 Å². The fourth-order valence-corrected chi connectivity index (χ4v) is 2.31. The molecule has 0 aliphatic carbocycles. The number of carbonyl (C=O) groups is 1. The van der Waals surface area contributed by atoms with E-state index in [-0.39, 0.29) is 22.6 Å². The number of aromatic nitrogens is 4. The molecule has 2 aromatic heterocycles. The molecule has 13 heteroatoms. The fraction of sp³-hybridized carbons (Fsp3) is 0.364. The van der Waals surface area contributed by atoms with Gasteiger partial charge in [0, 0.05) is 0 Å². The van der Waals surface area contributed by atoms with Gasteiger partial charge in [0.25, 0.3) is 5.22 Å². The van der Waals surface area contributed by atoms with E-state index in [9.17, 15) is 24.5 Å². The van der Waals surface area contributed by atoms with Crippen LogP contribution >= 0.6 is 11.8 Å². The zero-order valence-corrected chi connectivity index (χ0v) is 13.3. The maximum Gasteiger partial charge on any atom is 0.353 e. The van der Waals surface area contributed by atoms with E-state index in [0.29, 0.717) is 4.57 Å². The summed E-state index contributed by atoms with van der Waals surface area (Å²) in [6.07, 6.45) is 0. The van der Waals surface area contributed by atoms with Crippen molar-refractivity contribution in [3.8, 4) is 0 Å². The Kier molecular flexibility index (Phi) is 5.13. The lowest BCUT2D eigenvalue weighted by Gasteiger charge is -2.02. The second kappa shape index (κ2) is 7.08.